The molecular formula is C16H14N4O2S. The quantitative estimate of drug-likeness (QED) is 0.386. The Morgan fingerprint density at radius 1 is 1.04 bits per heavy atom. The number of hydrazine groups is 1. The van der Waals surface area contributed by atoms with Gasteiger partial charge in [-0.2, -0.15) is 0 Å². The lowest BCUT2D eigenvalue weighted by Gasteiger charge is -2.14. The number of nitrogens with two attached hydrogens (primary N) is 1. The predicted molar refractivity (Wildman–Crippen MR) is 88.6 cm³/mol. The van der Waals surface area contributed by atoms with Crippen molar-refractivity contribution in [2.45, 2.75) is 6.04 Å². The minimum Gasteiger partial charge on any atom is -0.334 e. The molecule has 0 radical (unpaired) electrons. The molecule has 1 atom stereocenters. The van der Waals surface area contributed by atoms with E-state index in [1.165, 1.54) is 11.3 Å². The smallest absolute Gasteiger partial charge is 0.263 e. The van der Waals surface area contributed by atoms with Crippen LogP contribution in [0.3, 0.4) is 0 Å². The molecule has 2 aromatic carbocycles. The highest BCUT2D eigenvalue weighted by molar-refractivity contribution is 7.18. The highest BCUT2D eigenvalue weighted by Crippen LogP contribution is 2.26. The van der Waals surface area contributed by atoms with Crippen LogP contribution in [0.25, 0.3) is 10.2 Å². The number of para-hydroxylation sites is 1. The van der Waals surface area contributed by atoms with Crippen LogP contribution in [0.15, 0.2) is 54.6 Å². The fraction of sp³-hybridized carbons (Fsp3) is 0.0625. The van der Waals surface area contributed by atoms with Crippen molar-refractivity contribution in [1.29, 1.82) is 0 Å². The van der Waals surface area contributed by atoms with Crippen molar-refractivity contribution in [1.82, 2.24) is 15.7 Å². The highest BCUT2D eigenvalue weighted by Gasteiger charge is 2.26. The van der Waals surface area contributed by atoms with Gasteiger partial charge in [0.25, 0.3) is 11.8 Å². The van der Waals surface area contributed by atoms with Crippen LogP contribution in [0, 0.1) is 0 Å². The SMILES string of the molecule is NNC(=O)C(NC(=O)c1ccccc1)c1nc2ccccc2s1. The van der Waals surface area contributed by atoms with Crippen LogP contribution in [0.2, 0.25) is 0 Å². The molecule has 7 heteroatoms. The summed E-state index contributed by atoms with van der Waals surface area (Å²) in [5.41, 5.74) is 3.31. The van der Waals surface area contributed by atoms with E-state index in [1.54, 1.807) is 24.3 Å². The average Bonchev–Trinajstić information content (AvgIpc) is 3.03. The van der Waals surface area contributed by atoms with Gasteiger partial charge >= 0.3 is 0 Å². The second kappa shape index (κ2) is 6.55. The predicted octanol–water partition coefficient (Wildman–Crippen LogP) is 1.76. The number of fused-ring (bicyclic) bond motifs is 1. The Morgan fingerprint density at radius 3 is 2.43 bits per heavy atom. The van der Waals surface area contributed by atoms with E-state index < -0.39 is 11.9 Å². The molecule has 0 aliphatic heterocycles. The molecule has 0 saturated heterocycles. The number of thiazole rings is 1. The first-order valence-corrected chi connectivity index (χ1v) is 7.72. The van der Waals surface area contributed by atoms with Gasteiger partial charge in [0.2, 0.25) is 0 Å². The Balaban J connectivity index is 1.92. The van der Waals surface area contributed by atoms with Crippen LogP contribution in [0.1, 0.15) is 21.4 Å². The lowest BCUT2D eigenvalue weighted by atomic mass is 10.2. The Morgan fingerprint density at radius 2 is 1.74 bits per heavy atom. The van der Waals surface area contributed by atoms with Crippen molar-refractivity contribution in [2.75, 3.05) is 0 Å². The number of amides is 2. The summed E-state index contributed by atoms with van der Waals surface area (Å²) in [6.07, 6.45) is 0. The number of hydrogen-bond donors (Lipinski definition) is 3. The van der Waals surface area contributed by atoms with Crippen molar-refractivity contribution < 1.29 is 9.59 Å². The summed E-state index contributed by atoms with van der Waals surface area (Å²) >= 11 is 1.34. The van der Waals surface area contributed by atoms with Crippen LogP contribution in [0.4, 0.5) is 0 Å². The van der Waals surface area contributed by atoms with Gasteiger partial charge in [-0.1, -0.05) is 30.3 Å². The Bertz CT molecular complexity index is 814. The summed E-state index contributed by atoms with van der Waals surface area (Å²) in [7, 11) is 0. The van der Waals surface area contributed by atoms with Crippen LogP contribution in [0.5, 0.6) is 0 Å². The molecule has 0 saturated carbocycles. The summed E-state index contributed by atoms with van der Waals surface area (Å²) in [5, 5.41) is 3.16. The van der Waals surface area contributed by atoms with Crippen molar-refractivity contribution in [3.63, 3.8) is 0 Å². The van der Waals surface area contributed by atoms with E-state index in [1.807, 2.05) is 30.3 Å². The van der Waals surface area contributed by atoms with Gasteiger partial charge in [-0.3, -0.25) is 15.0 Å². The van der Waals surface area contributed by atoms with Crippen LogP contribution >= 0.6 is 11.3 Å². The summed E-state index contributed by atoms with van der Waals surface area (Å²) in [6.45, 7) is 0. The maximum Gasteiger partial charge on any atom is 0.263 e. The average molecular weight is 326 g/mol. The Kier molecular flexibility index (Phi) is 4.31. The monoisotopic (exact) mass is 326 g/mol. The second-order valence-electron chi connectivity index (χ2n) is 4.80. The second-order valence-corrected chi connectivity index (χ2v) is 5.86. The summed E-state index contributed by atoms with van der Waals surface area (Å²) < 4.78 is 0.936. The van der Waals surface area contributed by atoms with Crippen molar-refractivity contribution in [3.05, 3.63) is 65.2 Å². The number of rotatable bonds is 4. The topological polar surface area (TPSA) is 97.1 Å². The van der Waals surface area contributed by atoms with Gasteiger partial charge in [0, 0.05) is 5.56 Å². The molecule has 23 heavy (non-hydrogen) atoms. The van der Waals surface area contributed by atoms with E-state index in [9.17, 15) is 9.59 Å². The van der Waals surface area contributed by atoms with Gasteiger partial charge in [-0.15, -0.1) is 11.3 Å². The molecule has 0 aliphatic rings. The molecule has 1 aromatic heterocycles. The first-order valence-electron chi connectivity index (χ1n) is 6.91. The maximum absolute atomic E-state index is 12.3. The van der Waals surface area contributed by atoms with Crippen LogP contribution in [-0.2, 0) is 4.79 Å². The number of hydrogen-bond acceptors (Lipinski definition) is 5. The summed E-state index contributed by atoms with van der Waals surface area (Å²) in [6, 6.07) is 15.3. The van der Waals surface area contributed by atoms with Crippen LogP contribution < -0.4 is 16.6 Å². The van der Waals surface area contributed by atoms with Gasteiger partial charge in [0.05, 0.1) is 10.2 Å². The fourth-order valence-electron chi connectivity index (χ4n) is 2.14. The molecule has 0 fully saturated rings. The number of nitrogens with one attached hydrogen (secondary N) is 2. The molecule has 3 aromatic rings. The number of carbonyl (C=O) groups is 2. The molecule has 4 N–H and O–H groups in total. The number of carbonyl (C=O) groups excluding carboxylic acids is 2. The van der Waals surface area contributed by atoms with Gasteiger partial charge in [-0.05, 0) is 24.3 Å². The third-order valence-electron chi connectivity index (χ3n) is 3.27. The molecule has 3 rings (SSSR count). The molecule has 0 aliphatic carbocycles. The zero-order chi connectivity index (χ0) is 16.2. The third kappa shape index (κ3) is 3.20. The van der Waals surface area contributed by atoms with E-state index in [4.69, 9.17) is 5.84 Å². The largest absolute Gasteiger partial charge is 0.334 e. The first kappa shape index (κ1) is 15.1. The Labute approximate surface area is 136 Å². The molecular weight excluding hydrogens is 312 g/mol. The van der Waals surface area contributed by atoms with Crippen molar-refractivity contribution in [2.24, 2.45) is 5.84 Å². The minimum absolute atomic E-state index is 0.363. The first-order chi connectivity index (χ1) is 11.2. The highest BCUT2D eigenvalue weighted by atomic mass is 32.1. The molecule has 2 amide bonds. The number of aromatic nitrogens is 1. The number of nitrogens with zero attached hydrogens (tertiary/aromatic N) is 1. The molecule has 1 unspecified atom stereocenters. The van der Waals surface area contributed by atoms with E-state index in [2.05, 4.69) is 15.7 Å². The maximum atomic E-state index is 12.3. The summed E-state index contributed by atoms with van der Waals surface area (Å²) in [4.78, 5) is 28.8. The lowest BCUT2D eigenvalue weighted by molar-refractivity contribution is -0.123. The minimum atomic E-state index is -0.940. The molecule has 0 bridgehead atoms. The van der Waals surface area contributed by atoms with Crippen LogP contribution in [-0.4, -0.2) is 16.8 Å². The molecule has 6 nitrogen and oxygen atoms in total. The zero-order valence-electron chi connectivity index (χ0n) is 12.0. The number of benzene rings is 2. The van der Waals surface area contributed by atoms with Gasteiger partial charge in [-0.25, -0.2) is 10.8 Å². The molecule has 0 spiro atoms. The fourth-order valence-corrected chi connectivity index (χ4v) is 3.16. The lowest BCUT2D eigenvalue weighted by Crippen LogP contribution is -2.43. The normalized spacial score (nSPS) is 11.9. The Hall–Kier alpha value is -2.77. The standard InChI is InChI=1S/C16H14N4O2S/c17-20-15(22)13(19-14(21)10-6-2-1-3-7-10)16-18-11-8-4-5-9-12(11)23-16/h1-9,13H,17H2,(H,19,21)(H,20,22). The molecule has 116 valence electrons. The summed E-state index contributed by atoms with van der Waals surface area (Å²) in [5.74, 6) is 4.36. The van der Waals surface area contributed by atoms with Gasteiger partial charge < -0.3 is 5.32 Å². The van der Waals surface area contributed by atoms with Gasteiger partial charge in [0.15, 0.2) is 6.04 Å². The zero-order valence-corrected chi connectivity index (χ0v) is 12.8. The van der Waals surface area contributed by atoms with E-state index >= 15 is 0 Å². The third-order valence-corrected chi connectivity index (χ3v) is 4.37. The van der Waals surface area contributed by atoms with E-state index in [0.29, 0.717) is 10.6 Å². The molecule has 1 heterocycles. The van der Waals surface area contributed by atoms with E-state index in [0.717, 1.165) is 10.2 Å². The van der Waals surface area contributed by atoms with Crippen molar-refractivity contribution in [3.8, 4) is 0 Å². The van der Waals surface area contributed by atoms with Crippen molar-refractivity contribution >= 4 is 33.4 Å². The van der Waals surface area contributed by atoms with E-state index in [-0.39, 0.29) is 5.91 Å². The van der Waals surface area contributed by atoms with Gasteiger partial charge in [0.1, 0.15) is 5.01 Å².